The minimum absolute atomic E-state index is 0.00395. The molecular weight excluding hydrogens is 350 g/mol. The molecule has 0 saturated heterocycles. The molecule has 2 unspecified atom stereocenters. The van der Waals surface area contributed by atoms with Gasteiger partial charge in [-0.2, -0.15) is 0 Å². The maximum Gasteiger partial charge on any atom is 0.248 e. The molecule has 3 rings (SSSR count). The lowest BCUT2D eigenvalue weighted by Crippen LogP contribution is -2.53. The number of hydrogen-bond acceptors (Lipinski definition) is 3. The predicted molar refractivity (Wildman–Crippen MR) is 113 cm³/mol. The minimum atomic E-state index is 0.00395. The largest absolute Gasteiger partial charge is 0.308 e. The Hall–Kier alpha value is -1.88. The predicted octanol–water partition coefficient (Wildman–Crippen LogP) is 4.14. The Balaban J connectivity index is 1.74. The highest BCUT2D eigenvalue weighted by molar-refractivity contribution is 5.97. The van der Waals surface area contributed by atoms with Gasteiger partial charge in [-0.05, 0) is 43.7 Å². The van der Waals surface area contributed by atoms with Crippen molar-refractivity contribution >= 4 is 17.5 Å². The summed E-state index contributed by atoms with van der Waals surface area (Å²) < 4.78 is 0. The summed E-state index contributed by atoms with van der Waals surface area (Å²) in [6, 6.07) is 10.2. The van der Waals surface area contributed by atoms with Gasteiger partial charge in [0.15, 0.2) is 0 Å². The smallest absolute Gasteiger partial charge is 0.248 e. The van der Waals surface area contributed by atoms with E-state index in [1.165, 1.54) is 12.8 Å². The van der Waals surface area contributed by atoms with E-state index in [1.54, 1.807) is 12.1 Å². The molecule has 5 heteroatoms. The van der Waals surface area contributed by atoms with Gasteiger partial charge in [0.1, 0.15) is 6.54 Å². The van der Waals surface area contributed by atoms with Gasteiger partial charge in [0.05, 0.1) is 0 Å². The molecule has 2 atom stereocenters. The van der Waals surface area contributed by atoms with Crippen molar-refractivity contribution in [1.29, 1.82) is 0 Å². The topological polar surface area (TPSA) is 52.7 Å². The summed E-state index contributed by atoms with van der Waals surface area (Å²) in [5.74, 6) is 0.480. The highest BCUT2D eigenvalue weighted by atomic mass is 16.2. The van der Waals surface area contributed by atoms with E-state index < -0.39 is 0 Å². The van der Waals surface area contributed by atoms with Crippen LogP contribution in [0, 0.1) is 11.8 Å². The molecule has 2 amide bonds. The van der Waals surface area contributed by atoms with Gasteiger partial charge in [-0.25, -0.2) is 5.43 Å². The van der Waals surface area contributed by atoms with Crippen molar-refractivity contribution in [3.63, 3.8) is 0 Å². The second kappa shape index (κ2) is 10.1. The van der Waals surface area contributed by atoms with E-state index in [2.05, 4.69) is 12.3 Å². The number of hydrogen-bond donors (Lipinski definition) is 1. The first kappa shape index (κ1) is 20.8. The van der Waals surface area contributed by atoms with Gasteiger partial charge in [0.2, 0.25) is 11.8 Å². The summed E-state index contributed by atoms with van der Waals surface area (Å²) in [7, 11) is 1.74. The number of para-hydroxylation sites is 1. The molecule has 0 spiro atoms. The zero-order valence-electron chi connectivity index (χ0n) is 17.4. The normalized spacial score (nSPS) is 23.2. The van der Waals surface area contributed by atoms with Crippen LogP contribution < -0.4 is 10.3 Å². The molecular formula is C23H35N3O2. The molecule has 1 aromatic carbocycles. The van der Waals surface area contributed by atoms with E-state index >= 15 is 0 Å². The van der Waals surface area contributed by atoms with Crippen LogP contribution in [0.1, 0.15) is 64.7 Å². The molecule has 1 N–H and O–H groups in total. The molecule has 0 heterocycles. The van der Waals surface area contributed by atoms with Crippen LogP contribution in [-0.2, 0) is 9.59 Å². The third kappa shape index (κ3) is 4.93. The van der Waals surface area contributed by atoms with Gasteiger partial charge >= 0.3 is 0 Å². The molecule has 2 aliphatic rings. The molecule has 0 bridgehead atoms. The van der Waals surface area contributed by atoms with Crippen molar-refractivity contribution in [2.75, 3.05) is 18.5 Å². The number of carbonyl (C=O) groups excluding carboxylic acids is 2. The fraction of sp³-hybridized carbons (Fsp3) is 0.652. The Morgan fingerprint density at radius 3 is 2.25 bits per heavy atom. The van der Waals surface area contributed by atoms with Crippen LogP contribution in [0.2, 0.25) is 0 Å². The van der Waals surface area contributed by atoms with Gasteiger partial charge in [0.25, 0.3) is 0 Å². The van der Waals surface area contributed by atoms with Crippen molar-refractivity contribution in [1.82, 2.24) is 10.4 Å². The second-order valence-electron chi connectivity index (χ2n) is 8.41. The lowest BCUT2D eigenvalue weighted by atomic mass is 9.80. The van der Waals surface area contributed by atoms with E-state index in [0.29, 0.717) is 5.92 Å². The summed E-state index contributed by atoms with van der Waals surface area (Å²) in [5.41, 5.74) is 3.93. The monoisotopic (exact) mass is 385 g/mol. The zero-order valence-corrected chi connectivity index (χ0v) is 17.4. The molecule has 2 aliphatic carbocycles. The number of anilines is 1. The number of amides is 2. The number of rotatable bonds is 6. The molecule has 28 heavy (non-hydrogen) atoms. The number of nitrogens with one attached hydrogen (secondary N) is 1. The van der Waals surface area contributed by atoms with E-state index in [-0.39, 0.29) is 30.3 Å². The molecule has 2 fully saturated rings. The number of hydrazine groups is 1. The number of benzene rings is 1. The van der Waals surface area contributed by atoms with Crippen molar-refractivity contribution < 1.29 is 9.59 Å². The van der Waals surface area contributed by atoms with Crippen LogP contribution in [0.15, 0.2) is 30.3 Å². The van der Waals surface area contributed by atoms with Crippen LogP contribution in [-0.4, -0.2) is 36.5 Å². The highest BCUT2D eigenvalue weighted by Crippen LogP contribution is 2.31. The number of carbonyl (C=O) groups is 2. The Bertz CT molecular complexity index is 643. The average Bonchev–Trinajstić information content (AvgIpc) is 2.73. The Labute approximate surface area is 169 Å². The molecule has 154 valence electrons. The minimum Gasteiger partial charge on any atom is -0.308 e. The van der Waals surface area contributed by atoms with Crippen molar-refractivity contribution in [2.45, 2.75) is 70.8 Å². The summed E-state index contributed by atoms with van der Waals surface area (Å²) in [6.45, 7) is 2.25. The fourth-order valence-corrected chi connectivity index (χ4v) is 4.85. The number of nitrogens with zero attached hydrogens (tertiary/aromatic N) is 2. The van der Waals surface area contributed by atoms with E-state index in [9.17, 15) is 9.59 Å². The van der Waals surface area contributed by atoms with E-state index in [4.69, 9.17) is 0 Å². The molecule has 5 nitrogen and oxygen atoms in total. The van der Waals surface area contributed by atoms with Gasteiger partial charge in [-0.3, -0.25) is 14.6 Å². The summed E-state index contributed by atoms with van der Waals surface area (Å²) >= 11 is 0. The van der Waals surface area contributed by atoms with Gasteiger partial charge in [-0.1, -0.05) is 57.2 Å². The van der Waals surface area contributed by atoms with Crippen LogP contribution in [0.25, 0.3) is 0 Å². The first-order valence-corrected chi connectivity index (χ1v) is 11.0. The summed E-state index contributed by atoms with van der Waals surface area (Å²) in [6.07, 6.45) is 9.97. The van der Waals surface area contributed by atoms with Crippen LogP contribution in [0.4, 0.5) is 5.69 Å². The summed E-state index contributed by atoms with van der Waals surface area (Å²) in [4.78, 5) is 28.4. The highest BCUT2D eigenvalue weighted by Gasteiger charge is 2.34. The van der Waals surface area contributed by atoms with Crippen molar-refractivity contribution in [3.8, 4) is 0 Å². The molecule has 2 saturated carbocycles. The first-order chi connectivity index (χ1) is 13.6. The maximum absolute atomic E-state index is 13.4. The third-order valence-electron chi connectivity index (χ3n) is 6.50. The summed E-state index contributed by atoms with van der Waals surface area (Å²) in [5, 5.41) is 1.55. The first-order valence-electron chi connectivity index (χ1n) is 11.0. The van der Waals surface area contributed by atoms with Crippen molar-refractivity contribution in [3.05, 3.63) is 30.3 Å². The van der Waals surface area contributed by atoms with Gasteiger partial charge < -0.3 is 4.90 Å². The van der Waals surface area contributed by atoms with E-state index in [1.807, 2.05) is 35.2 Å². The Morgan fingerprint density at radius 1 is 0.964 bits per heavy atom. The zero-order chi connectivity index (χ0) is 19.9. The van der Waals surface area contributed by atoms with Crippen molar-refractivity contribution in [2.24, 2.45) is 11.8 Å². The molecule has 0 aliphatic heterocycles. The van der Waals surface area contributed by atoms with Crippen LogP contribution in [0.3, 0.4) is 0 Å². The van der Waals surface area contributed by atoms with Crippen LogP contribution in [0.5, 0.6) is 0 Å². The Kier molecular flexibility index (Phi) is 7.49. The van der Waals surface area contributed by atoms with Crippen LogP contribution >= 0.6 is 0 Å². The molecule has 1 aromatic rings. The SMILES string of the molecule is CNN(CC(=O)N(c1ccccc1)C1CCCCC1)C(=O)C1CCCCC1C. The Morgan fingerprint density at radius 2 is 1.61 bits per heavy atom. The molecule has 0 aromatic heterocycles. The lowest BCUT2D eigenvalue weighted by molar-refractivity contribution is -0.144. The third-order valence-corrected chi connectivity index (χ3v) is 6.50. The van der Waals surface area contributed by atoms with E-state index in [0.717, 1.165) is 50.6 Å². The standard InChI is InChI=1S/C23H35N3O2/c1-18-11-9-10-16-21(18)23(28)25(24-2)17-22(27)26(19-12-5-3-6-13-19)20-14-7-4-8-15-20/h3,5-6,12-13,18,20-21,24H,4,7-11,14-17H2,1-2H3. The van der Waals surface area contributed by atoms with Gasteiger partial charge in [0, 0.05) is 24.7 Å². The quantitative estimate of drug-likeness (QED) is 0.749. The lowest BCUT2D eigenvalue weighted by Gasteiger charge is -2.37. The molecule has 0 radical (unpaired) electrons. The fourth-order valence-electron chi connectivity index (χ4n) is 4.85. The second-order valence-corrected chi connectivity index (χ2v) is 8.41. The average molecular weight is 386 g/mol. The van der Waals surface area contributed by atoms with Gasteiger partial charge in [-0.15, -0.1) is 0 Å². The maximum atomic E-state index is 13.4.